The van der Waals surface area contributed by atoms with Gasteiger partial charge in [-0.15, -0.1) is 0 Å². The van der Waals surface area contributed by atoms with Crippen LogP contribution in [-0.2, 0) is 6.42 Å². The van der Waals surface area contributed by atoms with Gasteiger partial charge in [-0.3, -0.25) is 9.78 Å². The van der Waals surface area contributed by atoms with Crippen LogP contribution in [0.3, 0.4) is 0 Å². The summed E-state index contributed by atoms with van der Waals surface area (Å²) in [6, 6.07) is 13.9. The van der Waals surface area contributed by atoms with Crippen molar-refractivity contribution in [2.75, 3.05) is 26.6 Å². The van der Waals surface area contributed by atoms with Crippen molar-refractivity contribution in [1.29, 1.82) is 0 Å². The number of nitrogens with one attached hydrogen (secondary N) is 2. The second-order valence-electron chi connectivity index (χ2n) is 8.04. The molecule has 1 aliphatic rings. The Balaban J connectivity index is 1.75. The zero-order valence-electron chi connectivity index (χ0n) is 20.0. The Bertz CT molecular complexity index is 1260. The van der Waals surface area contributed by atoms with Gasteiger partial charge in [0, 0.05) is 29.9 Å². The van der Waals surface area contributed by atoms with Gasteiger partial charge in [0.05, 0.1) is 37.9 Å². The van der Waals surface area contributed by atoms with Crippen LogP contribution in [0, 0.1) is 0 Å². The number of aromatic nitrogens is 1. The van der Waals surface area contributed by atoms with E-state index in [-0.39, 0.29) is 18.0 Å². The molecule has 1 unspecified atom stereocenters. The van der Waals surface area contributed by atoms with Gasteiger partial charge < -0.3 is 20.1 Å². The summed E-state index contributed by atoms with van der Waals surface area (Å²) in [4.78, 5) is 29.3. The van der Waals surface area contributed by atoms with Crippen LogP contribution in [0.25, 0.3) is 0 Å². The molecule has 9 heteroatoms. The first kappa shape index (κ1) is 23.7. The number of hydrazone groups is 1. The SMILES string of the molecule is CNC(=O)N1N=C(c2ccc(C(=O)Nc3cccnc3)cc2)c2cc(OC)c(OC)cc2CC1C. The number of hydrogen-bond donors (Lipinski definition) is 2. The zero-order valence-corrected chi connectivity index (χ0v) is 20.0. The van der Waals surface area contributed by atoms with E-state index in [4.69, 9.17) is 14.6 Å². The van der Waals surface area contributed by atoms with Gasteiger partial charge in [0.2, 0.25) is 0 Å². The van der Waals surface area contributed by atoms with Crippen molar-refractivity contribution in [3.05, 3.63) is 83.2 Å². The lowest BCUT2D eigenvalue weighted by Crippen LogP contribution is -2.41. The Morgan fingerprint density at radius 2 is 1.77 bits per heavy atom. The van der Waals surface area contributed by atoms with E-state index in [2.05, 4.69) is 15.6 Å². The molecule has 0 bridgehead atoms. The fraction of sp³-hybridized carbons (Fsp3) is 0.231. The Labute approximate surface area is 203 Å². The van der Waals surface area contributed by atoms with Crippen molar-refractivity contribution in [3.63, 3.8) is 0 Å². The molecule has 35 heavy (non-hydrogen) atoms. The number of fused-ring (bicyclic) bond motifs is 1. The highest BCUT2D eigenvalue weighted by atomic mass is 16.5. The number of anilines is 1. The van der Waals surface area contributed by atoms with Crippen molar-refractivity contribution in [1.82, 2.24) is 15.3 Å². The molecule has 3 amide bonds. The van der Waals surface area contributed by atoms with Gasteiger partial charge in [0.25, 0.3) is 5.91 Å². The number of hydrogen-bond acceptors (Lipinski definition) is 6. The normalized spacial score (nSPS) is 14.8. The Hall–Kier alpha value is -4.40. The Morgan fingerprint density at radius 1 is 1.06 bits per heavy atom. The molecule has 1 aromatic heterocycles. The van der Waals surface area contributed by atoms with Gasteiger partial charge in [-0.05, 0) is 55.3 Å². The number of ether oxygens (including phenoxy) is 2. The van der Waals surface area contributed by atoms with Crippen molar-refractivity contribution >= 4 is 23.3 Å². The maximum Gasteiger partial charge on any atom is 0.337 e. The van der Waals surface area contributed by atoms with Gasteiger partial charge in [-0.25, -0.2) is 9.80 Å². The number of carbonyl (C=O) groups is 2. The fourth-order valence-corrected chi connectivity index (χ4v) is 3.97. The number of amides is 3. The van der Waals surface area contributed by atoms with Gasteiger partial charge in [0.15, 0.2) is 11.5 Å². The summed E-state index contributed by atoms with van der Waals surface area (Å²) in [5.74, 6) is 0.917. The molecule has 0 aliphatic carbocycles. The van der Waals surface area contributed by atoms with Crippen molar-refractivity contribution < 1.29 is 19.1 Å². The van der Waals surface area contributed by atoms with Crippen LogP contribution in [0.15, 0.2) is 66.0 Å². The largest absolute Gasteiger partial charge is 0.493 e. The third-order valence-electron chi connectivity index (χ3n) is 5.77. The summed E-state index contributed by atoms with van der Waals surface area (Å²) >= 11 is 0. The van der Waals surface area contributed by atoms with Crippen LogP contribution < -0.4 is 20.1 Å². The molecular formula is C26H27N5O4. The third-order valence-corrected chi connectivity index (χ3v) is 5.77. The fourth-order valence-electron chi connectivity index (χ4n) is 3.97. The van der Waals surface area contributed by atoms with E-state index in [0.717, 1.165) is 16.7 Å². The number of rotatable bonds is 5. The van der Waals surface area contributed by atoms with E-state index >= 15 is 0 Å². The minimum absolute atomic E-state index is 0.200. The summed E-state index contributed by atoms with van der Waals surface area (Å²) in [6.45, 7) is 1.94. The number of carbonyl (C=O) groups excluding carboxylic acids is 2. The minimum Gasteiger partial charge on any atom is -0.493 e. The molecule has 2 aromatic carbocycles. The van der Waals surface area contributed by atoms with E-state index in [1.54, 1.807) is 57.9 Å². The van der Waals surface area contributed by atoms with Gasteiger partial charge >= 0.3 is 6.03 Å². The molecule has 0 radical (unpaired) electrons. The van der Waals surface area contributed by atoms with Gasteiger partial charge in [0.1, 0.15) is 0 Å². The maximum absolute atomic E-state index is 12.7. The van der Waals surface area contributed by atoms with Crippen LogP contribution >= 0.6 is 0 Å². The van der Waals surface area contributed by atoms with E-state index in [0.29, 0.717) is 34.9 Å². The number of urea groups is 1. The van der Waals surface area contributed by atoms with Crippen LogP contribution in [-0.4, -0.2) is 55.0 Å². The monoisotopic (exact) mass is 473 g/mol. The topological polar surface area (TPSA) is 105 Å². The van der Waals surface area contributed by atoms with Gasteiger partial charge in [-0.2, -0.15) is 5.10 Å². The molecule has 3 aromatic rings. The summed E-state index contributed by atoms with van der Waals surface area (Å²) in [6.07, 6.45) is 3.80. The van der Waals surface area contributed by atoms with Crippen LogP contribution in [0.5, 0.6) is 11.5 Å². The average Bonchev–Trinajstić information content (AvgIpc) is 3.03. The molecule has 2 heterocycles. The number of benzene rings is 2. The average molecular weight is 474 g/mol. The number of nitrogens with zero attached hydrogens (tertiary/aromatic N) is 3. The first-order valence-electron chi connectivity index (χ1n) is 11.1. The summed E-state index contributed by atoms with van der Waals surface area (Å²) < 4.78 is 11.0. The van der Waals surface area contributed by atoms with E-state index in [1.807, 2.05) is 31.2 Å². The second-order valence-corrected chi connectivity index (χ2v) is 8.04. The molecule has 1 aliphatic heterocycles. The third kappa shape index (κ3) is 4.93. The molecule has 4 rings (SSSR count). The first-order valence-corrected chi connectivity index (χ1v) is 11.1. The van der Waals surface area contributed by atoms with E-state index in [1.165, 1.54) is 5.01 Å². The Morgan fingerprint density at radius 3 is 2.40 bits per heavy atom. The van der Waals surface area contributed by atoms with Crippen LogP contribution in [0.2, 0.25) is 0 Å². The molecule has 0 spiro atoms. The van der Waals surface area contributed by atoms with Gasteiger partial charge in [-0.1, -0.05) is 12.1 Å². The predicted octanol–water partition coefficient (Wildman–Crippen LogP) is 3.69. The summed E-state index contributed by atoms with van der Waals surface area (Å²) in [5.41, 5.74) is 4.23. The zero-order chi connectivity index (χ0) is 24.9. The maximum atomic E-state index is 12.7. The van der Waals surface area contributed by atoms with Crippen molar-refractivity contribution in [2.24, 2.45) is 5.10 Å². The lowest BCUT2D eigenvalue weighted by molar-refractivity contribution is 0.102. The Kier molecular flexibility index (Phi) is 6.96. The molecule has 1 atom stereocenters. The number of pyridine rings is 1. The minimum atomic E-state index is -0.311. The highest BCUT2D eigenvalue weighted by Gasteiger charge is 2.28. The quantitative estimate of drug-likeness (QED) is 0.588. The van der Waals surface area contributed by atoms with Crippen LogP contribution in [0.4, 0.5) is 10.5 Å². The molecule has 0 saturated heterocycles. The highest BCUT2D eigenvalue weighted by Crippen LogP contribution is 2.34. The number of methoxy groups -OCH3 is 2. The first-order chi connectivity index (χ1) is 16.9. The lowest BCUT2D eigenvalue weighted by Gasteiger charge is -2.22. The second kappa shape index (κ2) is 10.3. The highest BCUT2D eigenvalue weighted by molar-refractivity contribution is 6.15. The van der Waals surface area contributed by atoms with E-state index in [9.17, 15) is 9.59 Å². The molecule has 2 N–H and O–H groups in total. The lowest BCUT2D eigenvalue weighted by atomic mass is 9.93. The molecule has 9 nitrogen and oxygen atoms in total. The standard InChI is InChI=1S/C26H27N5O4/c1-16-12-19-13-22(34-3)23(35-4)14-21(19)24(30-31(16)26(33)27-2)17-7-9-18(10-8-17)25(32)29-20-6-5-11-28-15-20/h5-11,13-16H,12H2,1-4H3,(H,27,33)(H,29,32). The van der Waals surface area contributed by atoms with Crippen molar-refractivity contribution in [2.45, 2.75) is 19.4 Å². The molecular weight excluding hydrogens is 446 g/mol. The van der Waals surface area contributed by atoms with Crippen LogP contribution in [0.1, 0.15) is 34.0 Å². The molecule has 0 saturated carbocycles. The summed E-state index contributed by atoms with van der Waals surface area (Å²) in [5, 5.41) is 11.7. The molecule has 180 valence electrons. The van der Waals surface area contributed by atoms with E-state index < -0.39 is 0 Å². The smallest absolute Gasteiger partial charge is 0.337 e. The van der Waals surface area contributed by atoms with Crippen molar-refractivity contribution in [3.8, 4) is 11.5 Å². The predicted molar refractivity (Wildman–Crippen MR) is 133 cm³/mol. The molecule has 0 fully saturated rings. The summed E-state index contributed by atoms with van der Waals surface area (Å²) in [7, 11) is 4.74.